The lowest BCUT2D eigenvalue weighted by atomic mass is 10.3. The van der Waals surface area contributed by atoms with Crippen molar-refractivity contribution in [3.63, 3.8) is 0 Å². The smallest absolute Gasteiger partial charge is 0.231 e. The molecule has 1 aromatic rings. The lowest BCUT2D eigenvalue weighted by Crippen LogP contribution is -2.20. The third-order valence-corrected chi connectivity index (χ3v) is 1.66. The van der Waals surface area contributed by atoms with E-state index in [1.165, 1.54) is 0 Å². The molecule has 0 atom stereocenters. The number of aromatic nitrogens is 1. The predicted molar refractivity (Wildman–Crippen MR) is 53.0 cm³/mol. The van der Waals surface area contributed by atoms with E-state index in [1.807, 2.05) is 13.0 Å². The number of ether oxygens (including phenoxy) is 1. The van der Waals surface area contributed by atoms with Crippen molar-refractivity contribution in [2.45, 2.75) is 6.92 Å². The average molecular weight is 191 g/mol. The van der Waals surface area contributed by atoms with Crippen molar-refractivity contribution in [1.82, 2.24) is 10.3 Å². The highest BCUT2D eigenvalue weighted by molar-refractivity contribution is 5.36. The molecule has 1 rings (SSSR count). The fraction of sp³-hybridized carbons (Fsp3) is 0.400. The Morgan fingerprint density at radius 3 is 3.21 bits per heavy atom. The summed E-state index contributed by atoms with van der Waals surface area (Å²) in [5.41, 5.74) is 0.476. The van der Waals surface area contributed by atoms with E-state index >= 15 is 0 Å². The molecule has 0 saturated heterocycles. The van der Waals surface area contributed by atoms with Crippen LogP contribution in [0.25, 0.3) is 0 Å². The van der Waals surface area contributed by atoms with Crippen molar-refractivity contribution in [3.05, 3.63) is 23.9 Å². The SMILES string of the molecule is CCNCCOc1ncccc1C#N. The summed E-state index contributed by atoms with van der Waals surface area (Å²) in [5, 5.41) is 11.9. The molecule has 0 saturated carbocycles. The average Bonchev–Trinajstić information content (AvgIpc) is 2.25. The lowest BCUT2D eigenvalue weighted by molar-refractivity contribution is 0.303. The molecule has 14 heavy (non-hydrogen) atoms. The van der Waals surface area contributed by atoms with Gasteiger partial charge in [0.15, 0.2) is 0 Å². The van der Waals surface area contributed by atoms with Crippen molar-refractivity contribution >= 4 is 0 Å². The predicted octanol–water partition coefficient (Wildman–Crippen LogP) is 0.942. The first kappa shape index (κ1) is 10.5. The minimum absolute atomic E-state index is 0.410. The number of likely N-dealkylation sites (N-methyl/N-ethyl adjacent to an activating group) is 1. The number of rotatable bonds is 5. The molecule has 0 bridgehead atoms. The van der Waals surface area contributed by atoms with Gasteiger partial charge in [-0.15, -0.1) is 0 Å². The van der Waals surface area contributed by atoms with Crippen molar-refractivity contribution in [1.29, 1.82) is 5.26 Å². The highest BCUT2D eigenvalue weighted by Gasteiger charge is 2.01. The molecular formula is C10H13N3O. The topological polar surface area (TPSA) is 57.9 Å². The Hall–Kier alpha value is -1.60. The number of hydrogen-bond donors (Lipinski definition) is 1. The van der Waals surface area contributed by atoms with E-state index in [4.69, 9.17) is 10.00 Å². The monoisotopic (exact) mass is 191 g/mol. The second-order valence-corrected chi connectivity index (χ2v) is 2.67. The second-order valence-electron chi connectivity index (χ2n) is 2.67. The van der Waals surface area contributed by atoms with Crippen LogP contribution in [0.4, 0.5) is 0 Å². The molecular weight excluding hydrogens is 178 g/mol. The Balaban J connectivity index is 2.46. The maximum Gasteiger partial charge on any atom is 0.231 e. The van der Waals surface area contributed by atoms with Crippen LogP contribution < -0.4 is 10.1 Å². The zero-order valence-electron chi connectivity index (χ0n) is 8.16. The Bertz CT molecular complexity index is 319. The molecule has 0 spiro atoms. The van der Waals surface area contributed by atoms with Crippen molar-refractivity contribution < 1.29 is 4.74 Å². The van der Waals surface area contributed by atoms with Crippen LogP contribution in [0.3, 0.4) is 0 Å². The van der Waals surface area contributed by atoms with Crippen molar-refractivity contribution in [2.75, 3.05) is 19.7 Å². The fourth-order valence-electron chi connectivity index (χ4n) is 0.988. The quantitative estimate of drug-likeness (QED) is 0.704. The van der Waals surface area contributed by atoms with E-state index in [2.05, 4.69) is 10.3 Å². The van der Waals surface area contributed by atoms with Crippen molar-refractivity contribution in [2.24, 2.45) is 0 Å². The van der Waals surface area contributed by atoms with Crippen LogP contribution in [0.2, 0.25) is 0 Å². The maximum absolute atomic E-state index is 8.74. The van der Waals surface area contributed by atoms with Gasteiger partial charge in [-0.3, -0.25) is 0 Å². The summed E-state index contributed by atoms with van der Waals surface area (Å²) >= 11 is 0. The molecule has 1 N–H and O–H groups in total. The van der Waals surface area contributed by atoms with Gasteiger partial charge in [-0.1, -0.05) is 6.92 Å². The van der Waals surface area contributed by atoms with Gasteiger partial charge >= 0.3 is 0 Å². The Morgan fingerprint density at radius 1 is 1.64 bits per heavy atom. The summed E-state index contributed by atoms with van der Waals surface area (Å²) in [7, 11) is 0. The molecule has 0 aliphatic rings. The van der Waals surface area contributed by atoms with Crippen LogP contribution in [-0.2, 0) is 0 Å². The Kier molecular flexibility index (Phi) is 4.45. The first-order chi connectivity index (χ1) is 6.88. The maximum atomic E-state index is 8.74. The molecule has 0 aliphatic carbocycles. The molecule has 0 radical (unpaired) electrons. The zero-order chi connectivity index (χ0) is 10.2. The molecule has 0 aliphatic heterocycles. The van der Waals surface area contributed by atoms with Gasteiger partial charge in [0.2, 0.25) is 5.88 Å². The van der Waals surface area contributed by atoms with Crippen LogP contribution in [0, 0.1) is 11.3 Å². The first-order valence-corrected chi connectivity index (χ1v) is 4.57. The Labute approximate surface area is 83.5 Å². The molecule has 0 unspecified atom stereocenters. The molecule has 4 nitrogen and oxygen atoms in total. The third-order valence-electron chi connectivity index (χ3n) is 1.66. The van der Waals surface area contributed by atoms with Gasteiger partial charge < -0.3 is 10.1 Å². The minimum atomic E-state index is 0.410. The largest absolute Gasteiger partial charge is 0.475 e. The summed E-state index contributed by atoms with van der Waals surface area (Å²) in [5.74, 6) is 0.410. The summed E-state index contributed by atoms with van der Waals surface area (Å²) in [4.78, 5) is 3.97. The van der Waals surface area contributed by atoms with E-state index < -0.39 is 0 Å². The van der Waals surface area contributed by atoms with Gasteiger partial charge in [-0.2, -0.15) is 5.26 Å². The number of pyridine rings is 1. The first-order valence-electron chi connectivity index (χ1n) is 4.57. The minimum Gasteiger partial charge on any atom is -0.475 e. The van der Waals surface area contributed by atoms with Gasteiger partial charge in [0.1, 0.15) is 18.2 Å². The lowest BCUT2D eigenvalue weighted by Gasteiger charge is -2.05. The van der Waals surface area contributed by atoms with Gasteiger partial charge in [-0.25, -0.2) is 4.98 Å². The van der Waals surface area contributed by atoms with E-state index in [1.54, 1.807) is 18.3 Å². The van der Waals surface area contributed by atoms with Crippen LogP contribution in [0.1, 0.15) is 12.5 Å². The number of nitriles is 1. The highest BCUT2D eigenvalue weighted by Crippen LogP contribution is 2.11. The number of nitrogens with zero attached hydrogens (tertiary/aromatic N) is 2. The van der Waals surface area contributed by atoms with E-state index in [0.717, 1.165) is 13.1 Å². The molecule has 4 heteroatoms. The van der Waals surface area contributed by atoms with Gasteiger partial charge in [0.25, 0.3) is 0 Å². The van der Waals surface area contributed by atoms with E-state index in [0.29, 0.717) is 18.1 Å². The third kappa shape index (κ3) is 3.04. The van der Waals surface area contributed by atoms with E-state index in [-0.39, 0.29) is 0 Å². The van der Waals surface area contributed by atoms with Crippen LogP contribution in [0.5, 0.6) is 5.88 Å². The number of hydrogen-bond acceptors (Lipinski definition) is 4. The molecule has 0 amide bonds. The molecule has 0 fully saturated rings. The summed E-state index contributed by atoms with van der Waals surface area (Å²) in [6.07, 6.45) is 1.61. The molecule has 74 valence electrons. The molecule has 0 aromatic carbocycles. The highest BCUT2D eigenvalue weighted by atomic mass is 16.5. The fourth-order valence-corrected chi connectivity index (χ4v) is 0.988. The summed E-state index contributed by atoms with van der Waals surface area (Å²) in [6.45, 7) is 4.23. The van der Waals surface area contributed by atoms with Crippen molar-refractivity contribution in [3.8, 4) is 11.9 Å². The van der Waals surface area contributed by atoms with Crippen LogP contribution in [0.15, 0.2) is 18.3 Å². The van der Waals surface area contributed by atoms with Gasteiger partial charge in [0.05, 0.1) is 0 Å². The molecule has 1 heterocycles. The van der Waals surface area contributed by atoms with Gasteiger partial charge in [-0.05, 0) is 18.7 Å². The van der Waals surface area contributed by atoms with Gasteiger partial charge in [0, 0.05) is 12.7 Å². The Morgan fingerprint density at radius 2 is 2.50 bits per heavy atom. The van der Waals surface area contributed by atoms with E-state index in [9.17, 15) is 0 Å². The van der Waals surface area contributed by atoms with Crippen LogP contribution in [-0.4, -0.2) is 24.7 Å². The normalized spacial score (nSPS) is 9.43. The standard InChI is InChI=1S/C10H13N3O/c1-2-12-6-7-14-10-9(8-11)4-3-5-13-10/h3-5,12H,2,6-7H2,1H3. The zero-order valence-corrected chi connectivity index (χ0v) is 8.16. The number of nitrogens with one attached hydrogen (secondary N) is 1. The molecule has 1 aromatic heterocycles. The summed E-state index contributed by atoms with van der Waals surface area (Å²) < 4.78 is 5.33. The van der Waals surface area contributed by atoms with Crippen LogP contribution >= 0.6 is 0 Å². The second kappa shape index (κ2) is 5.95. The summed E-state index contributed by atoms with van der Waals surface area (Å²) in [6, 6.07) is 5.44.